The van der Waals surface area contributed by atoms with E-state index in [-0.39, 0.29) is 11.6 Å². The summed E-state index contributed by atoms with van der Waals surface area (Å²) in [5.41, 5.74) is 1.18. The third-order valence-corrected chi connectivity index (χ3v) is 2.50. The summed E-state index contributed by atoms with van der Waals surface area (Å²) in [6.07, 6.45) is 0. The van der Waals surface area contributed by atoms with Crippen molar-refractivity contribution in [3.8, 4) is 0 Å². The molecule has 0 spiro atoms. The maximum absolute atomic E-state index is 11.6. The first-order chi connectivity index (χ1) is 9.01. The van der Waals surface area contributed by atoms with Crippen LogP contribution in [-0.2, 0) is 14.4 Å². The lowest BCUT2D eigenvalue weighted by atomic mass is 10.1. The first kappa shape index (κ1) is 14.7. The van der Waals surface area contributed by atoms with Gasteiger partial charge in [-0.3, -0.25) is 4.79 Å². The number of ketones is 1. The lowest BCUT2D eigenvalue weighted by Crippen LogP contribution is -2.34. The van der Waals surface area contributed by atoms with Crippen LogP contribution in [0.1, 0.15) is 17.3 Å². The molecule has 0 saturated carbocycles. The third-order valence-electron chi connectivity index (χ3n) is 2.50. The fourth-order valence-electron chi connectivity index (χ4n) is 1.47. The highest BCUT2D eigenvalue weighted by Gasteiger charge is 2.20. The van der Waals surface area contributed by atoms with Crippen molar-refractivity contribution in [3.05, 3.63) is 29.8 Å². The maximum atomic E-state index is 11.6. The fraction of sp³-hybridized carbons (Fsp3) is 0.308. The van der Waals surface area contributed by atoms with E-state index in [2.05, 4.69) is 14.7 Å². The van der Waals surface area contributed by atoms with Gasteiger partial charge in [-0.05, 0) is 19.1 Å². The van der Waals surface area contributed by atoms with Crippen molar-refractivity contribution < 1.29 is 19.2 Å². The highest BCUT2D eigenvalue weighted by atomic mass is 16.6. The largest absolute Gasteiger partial charge is 0.463 e. The minimum atomic E-state index is -0.627. The Kier molecular flexibility index (Phi) is 5.05. The van der Waals surface area contributed by atoms with Gasteiger partial charge in [-0.15, -0.1) is 0 Å². The van der Waals surface area contributed by atoms with Crippen LogP contribution < -0.4 is 4.90 Å². The molecule has 0 atom stereocenters. The lowest BCUT2D eigenvalue weighted by Gasteiger charge is -2.19. The van der Waals surface area contributed by atoms with E-state index in [9.17, 15) is 9.59 Å². The van der Waals surface area contributed by atoms with Crippen LogP contribution in [0.15, 0.2) is 29.4 Å². The Bertz CT molecular complexity index is 511. The predicted molar refractivity (Wildman–Crippen MR) is 71.3 cm³/mol. The molecule has 0 radical (unpaired) electrons. The number of hydrogen-bond acceptors (Lipinski definition) is 5. The molecule has 0 fully saturated rings. The van der Waals surface area contributed by atoms with Crippen LogP contribution in [0.25, 0.3) is 0 Å². The molecule has 0 N–H and O–H groups in total. The Morgan fingerprint density at radius 3 is 2.47 bits per heavy atom. The number of amidine groups is 1. The van der Waals surface area contributed by atoms with Crippen molar-refractivity contribution in [2.45, 2.75) is 6.92 Å². The molecular formula is C13H16N2O4. The number of oxime groups is 1. The van der Waals surface area contributed by atoms with Crippen LogP contribution in [0.3, 0.4) is 0 Å². The van der Waals surface area contributed by atoms with Gasteiger partial charge in [0.15, 0.2) is 5.78 Å². The van der Waals surface area contributed by atoms with Crippen LogP contribution in [0.5, 0.6) is 0 Å². The first-order valence-electron chi connectivity index (χ1n) is 5.55. The molecule has 0 aliphatic rings. The smallest absolute Gasteiger partial charge is 0.377 e. The van der Waals surface area contributed by atoms with Gasteiger partial charge in [-0.2, -0.15) is 0 Å². The average molecular weight is 264 g/mol. The van der Waals surface area contributed by atoms with Crippen molar-refractivity contribution >= 4 is 23.3 Å². The van der Waals surface area contributed by atoms with Gasteiger partial charge in [0.05, 0.1) is 7.11 Å². The van der Waals surface area contributed by atoms with Crippen molar-refractivity contribution in [2.24, 2.45) is 5.16 Å². The van der Waals surface area contributed by atoms with Crippen LogP contribution in [0, 0.1) is 0 Å². The second-order valence-corrected chi connectivity index (χ2v) is 3.75. The Morgan fingerprint density at radius 2 is 1.95 bits per heavy atom. The van der Waals surface area contributed by atoms with E-state index in [0.717, 1.165) is 0 Å². The molecule has 1 aromatic rings. The molecule has 0 unspecified atom stereocenters. The van der Waals surface area contributed by atoms with Crippen molar-refractivity contribution in [2.75, 3.05) is 26.2 Å². The predicted octanol–water partition coefficient (Wildman–Crippen LogP) is 1.46. The molecule has 0 aliphatic carbocycles. The number of anilines is 1. The quantitative estimate of drug-likeness (QED) is 0.272. The topological polar surface area (TPSA) is 68.2 Å². The molecule has 0 saturated heterocycles. The summed E-state index contributed by atoms with van der Waals surface area (Å²) in [5.74, 6) is -0.693. The van der Waals surface area contributed by atoms with E-state index in [1.54, 1.807) is 31.3 Å². The number of benzene rings is 1. The fourth-order valence-corrected chi connectivity index (χ4v) is 1.47. The number of esters is 1. The zero-order chi connectivity index (χ0) is 14.4. The minimum absolute atomic E-state index is 0.00861. The molecule has 6 heteroatoms. The van der Waals surface area contributed by atoms with Gasteiger partial charge in [-0.25, -0.2) is 4.79 Å². The van der Waals surface area contributed by atoms with Crippen molar-refractivity contribution in [1.82, 2.24) is 0 Å². The monoisotopic (exact) mass is 264 g/mol. The Hall–Kier alpha value is -2.37. The zero-order valence-corrected chi connectivity index (χ0v) is 11.3. The number of ether oxygens (including phenoxy) is 1. The summed E-state index contributed by atoms with van der Waals surface area (Å²) in [6, 6.07) is 6.84. The van der Waals surface area contributed by atoms with E-state index in [0.29, 0.717) is 11.3 Å². The number of rotatable bonds is 3. The minimum Gasteiger partial charge on any atom is -0.463 e. The number of likely N-dealkylation sites (N-methyl/N-ethyl adjacent to an activating group) is 1. The van der Waals surface area contributed by atoms with Gasteiger partial charge in [0.2, 0.25) is 0 Å². The zero-order valence-electron chi connectivity index (χ0n) is 11.3. The van der Waals surface area contributed by atoms with E-state index >= 15 is 0 Å². The number of hydrogen-bond donors (Lipinski definition) is 0. The van der Waals surface area contributed by atoms with E-state index in [1.165, 1.54) is 26.0 Å². The third kappa shape index (κ3) is 3.54. The Morgan fingerprint density at radius 1 is 1.26 bits per heavy atom. The van der Waals surface area contributed by atoms with Crippen molar-refractivity contribution in [3.63, 3.8) is 0 Å². The highest BCUT2D eigenvalue weighted by Crippen LogP contribution is 2.16. The first-order valence-corrected chi connectivity index (χ1v) is 5.55. The Balaban J connectivity index is 3.13. The van der Waals surface area contributed by atoms with Gasteiger partial charge in [-0.1, -0.05) is 17.3 Å². The summed E-state index contributed by atoms with van der Waals surface area (Å²) >= 11 is 0. The number of nitrogens with zero attached hydrogens (tertiary/aromatic N) is 2. The van der Waals surface area contributed by atoms with E-state index in [1.807, 2.05) is 0 Å². The van der Waals surface area contributed by atoms with Crippen molar-refractivity contribution in [1.29, 1.82) is 0 Å². The van der Waals surface area contributed by atoms with Gasteiger partial charge in [0.25, 0.3) is 5.84 Å². The molecular weight excluding hydrogens is 248 g/mol. The molecule has 1 rings (SSSR count). The van der Waals surface area contributed by atoms with Gasteiger partial charge < -0.3 is 14.5 Å². The number of carbonyl (C=O) groups is 2. The second-order valence-electron chi connectivity index (χ2n) is 3.75. The summed E-state index contributed by atoms with van der Waals surface area (Å²) in [6.45, 7) is 1.48. The van der Waals surface area contributed by atoms with Crippen LogP contribution in [-0.4, -0.2) is 38.9 Å². The normalized spacial score (nSPS) is 10.8. The second kappa shape index (κ2) is 6.53. The standard InChI is InChI=1S/C13H16N2O4/c1-9(16)10-6-5-7-11(8-10)15(2)12(14-19-4)13(17)18-3/h5-8H,1-4H3. The molecule has 0 amide bonds. The van der Waals surface area contributed by atoms with Gasteiger partial charge in [0.1, 0.15) is 7.11 Å². The number of carbonyl (C=O) groups excluding carboxylic acids is 2. The molecule has 102 valence electrons. The summed E-state index contributed by atoms with van der Waals surface area (Å²) in [7, 11) is 4.23. The lowest BCUT2D eigenvalue weighted by molar-refractivity contribution is -0.133. The molecule has 0 aliphatic heterocycles. The summed E-state index contributed by atoms with van der Waals surface area (Å²) in [4.78, 5) is 29.0. The van der Waals surface area contributed by atoms with E-state index < -0.39 is 5.97 Å². The molecule has 0 bridgehead atoms. The molecule has 0 heterocycles. The SMILES string of the molecule is CON=C(C(=O)OC)N(C)c1cccc(C(C)=O)c1. The number of methoxy groups -OCH3 is 1. The summed E-state index contributed by atoms with van der Waals surface area (Å²) < 4.78 is 4.63. The Labute approximate surface area is 111 Å². The molecule has 19 heavy (non-hydrogen) atoms. The van der Waals surface area contributed by atoms with Gasteiger partial charge >= 0.3 is 5.97 Å². The molecule has 0 aromatic heterocycles. The molecule has 6 nitrogen and oxygen atoms in total. The average Bonchev–Trinajstić information content (AvgIpc) is 2.43. The van der Waals surface area contributed by atoms with Crippen LogP contribution in [0.2, 0.25) is 0 Å². The van der Waals surface area contributed by atoms with Gasteiger partial charge in [0, 0.05) is 18.3 Å². The van der Waals surface area contributed by atoms with Crippen LogP contribution in [0.4, 0.5) is 5.69 Å². The number of Topliss-reactive ketones (excluding diaryl/α,β-unsaturated/α-hetero) is 1. The highest BCUT2D eigenvalue weighted by molar-refractivity contribution is 6.40. The molecule has 1 aromatic carbocycles. The maximum Gasteiger partial charge on any atom is 0.377 e. The van der Waals surface area contributed by atoms with Crippen LogP contribution >= 0.6 is 0 Å². The summed E-state index contributed by atoms with van der Waals surface area (Å²) in [5, 5.41) is 3.63. The van der Waals surface area contributed by atoms with E-state index in [4.69, 9.17) is 0 Å².